The maximum absolute atomic E-state index is 12.5. The second kappa shape index (κ2) is 8.98. The van der Waals surface area contributed by atoms with Crippen LogP contribution in [0.2, 0.25) is 0 Å². The first-order chi connectivity index (χ1) is 13.5. The molecule has 2 aromatic rings. The Bertz CT molecular complexity index is 877. The third-order valence-electron chi connectivity index (χ3n) is 5.10. The average Bonchev–Trinajstić information content (AvgIpc) is 3.36. The fraction of sp³-hybridized carbons (Fsp3) is 0.429. The number of carbonyl (C=O) groups is 2. The average molecular weight is 397 g/mol. The molecule has 0 radical (unpaired) electrons. The lowest BCUT2D eigenvalue weighted by Gasteiger charge is -2.17. The zero-order chi connectivity index (χ0) is 20.0. The maximum atomic E-state index is 12.5. The van der Waals surface area contributed by atoms with Gasteiger partial charge in [-0.1, -0.05) is 37.1 Å². The molecule has 0 bridgehead atoms. The van der Waals surface area contributed by atoms with E-state index >= 15 is 0 Å². The van der Waals surface area contributed by atoms with Crippen molar-refractivity contribution in [1.82, 2.24) is 10.3 Å². The highest BCUT2D eigenvalue weighted by Gasteiger charge is 2.41. The van der Waals surface area contributed by atoms with Crippen LogP contribution < -0.4 is 10.6 Å². The molecule has 1 aromatic heterocycles. The molecule has 6 nitrogen and oxygen atoms in total. The molecule has 3 rings (SSSR count). The number of aryl methyl sites for hydroxylation is 1. The molecule has 0 saturated heterocycles. The van der Waals surface area contributed by atoms with Crippen LogP contribution in [0.3, 0.4) is 0 Å². The Morgan fingerprint density at radius 1 is 1.25 bits per heavy atom. The summed E-state index contributed by atoms with van der Waals surface area (Å²) in [4.78, 5) is 27.9. The van der Waals surface area contributed by atoms with Gasteiger partial charge in [0.2, 0.25) is 11.8 Å². The van der Waals surface area contributed by atoms with E-state index in [-0.39, 0.29) is 11.8 Å². The van der Waals surface area contributed by atoms with Gasteiger partial charge < -0.3 is 10.6 Å². The second-order valence-electron chi connectivity index (χ2n) is 7.18. The Labute approximate surface area is 169 Å². The van der Waals surface area contributed by atoms with Crippen molar-refractivity contribution in [2.24, 2.45) is 5.41 Å². The first kappa shape index (κ1) is 20.0. The summed E-state index contributed by atoms with van der Waals surface area (Å²) in [5.74, 6) is -0.238. The van der Waals surface area contributed by atoms with E-state index in [0.717, 1.165) is 36.9 Å². The van der Waals surface area contributed by atoms with E-state index in [4.69, 9.17) is 0 Å². The van der Waals surface area contributed by atoms with Gasteiger partial charge in [0.05, 0.1) is 11.8 Å². The Balaban J connectivity index is 1.58. The monoisotopic (exact) mass is 396 g/mol. The summed E-state index contributed by atoms with van der Waals surface area (Å²) in [5.41, 5.74) is 2.10. The number of benzene rings is 1. The molecule has 1 aliphatic rings. The van der Waals surface area contributed by atoms with Crippen LogP contribution in [0, 0.1) is 16.7 Å². The number of aromatic nitrogens is 1. The number of nitriles is 1. The van der Waals surface area contributed by atoms with Crippen LogP contribution in [0.1, 0.15) is 44.6 Å². The zero-order valence-electron chi connectivity index (χ0n) is 16.0. The van der Waals surface area contributed by atoms with E-state index in [0.29, 0.717) is 24.5 Å². The van der Waals surface area contributed by atoms with Crippen LogP contribution in [-0.4, -0.2) is 23.3 Å². The maximum Gasteiger partial charge on any atom is 0.246 e. The zero-order valence-corrected chi connectivity index (χ0v) is 16.8. The molecule has 2 N–H and O–H groups in total. The van der Waals surface area contributed by atoms with E-state index in [9.17, 15) is 14.9 Å². The quantitative estimate of drug-likeness (QED) is 0.694. The summed E-state index contributed by atoms with van der Waals surface area (Å²) in [6.45, 7) is 2.20. The predicted octanol–water partition coefficient (Wildman–Crippen LogP) is 3.90. The van der Waals surface area contributed by atoms with Gasteiger partial charge in [0.25, 0.3) is 0 Å². The first-order valence-electron chi connectivity index (χ1n) is 9.54. The van der Waals surface area contributed by atoms with Gasteiger partial charge in [-0.05, 0) is 31.2 Å². The normalized spacial score (nSPS) is 15.0. The largest absolute Gasteiger partial charge is 0.356 e. The minimum Gasteiger partial charge on any atom is -0.356 e. The smallest absolute Gasteiger partial charge is 0.246 e. The number of amides is 2. The van der Waals surface area contributed by atoms with E-state index < -0.39 is 5.41 Å². The van der Waals surface area contributed by atoms with Crippen molar-refractivity contribution in [3.8, 4) is 17.3 Å². The summed E-state index contributed by atoms with van der Waals surface area (Å²) >= 11 is 1.37. The molecule has 146 valence electrons. The highest BCUT2D eigenvalue weighted by Crippen LogP contribution is 2.39. The van der Waals surface area contributed by atoms with Crippen LogP contribution in [0.15, 0.2) is 29.6 Å². The molecule has 1 fully saturated rings. The van der Waals surface area contributed by atoms with E-state index in [1.165, 1.54) is 23.8 Å². The predicted molar refractivity (Wildman–Crippen MR) is 110 cm³/mol. The molecule has 0 unspecified atom stereocenters. The van der Waals surface area contributed by atoms with Crippen molar-refractivity contribution in [2.75, 3.05) is 11.9 Å². The Kier molecular flexibility index (Phi) is 6.42. The number of hydrogen-bond donors (Lipinski definition) is 2. The molecule has 1 saturated carbocycles. The lowest BCUT2D eigenvalue weighted by molar-refractivity contribution is -0.122. The van der Waals surface area contributed by atoms with Crippen LogP contribution in [0.4, 0.5) is 5.13 Å². The molecule has 1 heterocycles. The van der Waals surface area contributed by atoms with Gasteiger partial charge in [-0.2, -0.15) is 5.26 Å². The van der Waals surface area contributed by atoms with Gasteiger partial charge in [0.15, 0.2) is 5.13 Å². The van der Waals surface area contributed by atoms with Crippen LogP contribution in [-0.2, 0) is 16.0 Å². The molecule has 0 aliphatic heterocycles. The minimum atomic E-state index is -0.898. The van der Waals surface area contributed by atoms with Gasteiger partial charge in [-0.25, -0.2) is 4.98 Å². The van der Waals surface area contributed by atoms with Gasteiger partial charge in [-0.15, -0.1) is 11.3 Å². The van der Waals surface area contributed by atoms with Crippen molar-refractivity contribution < 1.29 is 9.59 Å². The van der Waals surface area contributed by atoms with Crippen LogP contribution >= 0.6 is 11.3 Å². The van der Waals surface area contributed by atoms with Crippen LogP contribution in [0.5, 0.6) is 0 Å². The lowest BCUT2D eigenvalue weighted by Crippen LogP contribution is -2.32. The first-order valence-corrected chi connectivity index (χ1v) is 10.4. The SMILES string of the molecule is CC(=O)NCCCc1ccc(-c2csc(NC(=O)C3(C#N)CCCC3)n2)cc1. The summed E-state index contributed by atoms with van der Waals surface area (Å²) in [6.07, 6.45) is 4.87. The van der Waals surface area contributed by atoms with Crippen molar-refractivity contribution in [3.05, 3.63) is 35.2 Å². The molecule has 0 atom stereocenters. The van der Waals surface area contributed by atoms with E-state index in [1.54, 1.807) is 0 Å². The van der Waals surface area contributed by atoms with Gasteiger partial charge in [-0.3, -0.25) is 9.59 Å². The van der Waals surface area contributed by atoms with Gasteiger partial charge in [0, 0.05) is 24.4 Å². The highest BCUT2D eigenvalue weighted by atomic mass is 32.1. The fourth-order valence-electron chi connectivity index (χ4n) is 3.45. The molecule has 1 aliphatic carbocycles. The Morgan fingerprint density at radius 2 is 1.96 bits per heavy atom. The van der Waals surface area contributed by atoms with E-state index in [2.05, 4.69) is 33.8 Å². The summed E-state index contributed by atoms with van der Waals surface area (Å²) in [5, 5.41) is 17.5. The second-order valence-corrected chi connectivity index (χ2v) is 8.03. The molecule has 2 amide bonds. The number of thiazole rings is 1. The number of nitrogens with one attached hydrogen (secondary N) is 2. The Morgan fingerprint density at radius 3 is 2.61 bits per heavy atom. The molecular formula is C21H24N4O2S. The summed E-state index contributed by atoms with van der Waals surface area (Å²) in [7, 11) is 0. The van der Waals surface area contributed by atoms with Crippen molar-refractivity contribution >= 4 is 28.3 Å². The number of nitrogens with zero attached hydrogens (tertiary/aromatic N) is 2. The summed E-state index contributed by atoms with van der Waals surface area (Å²) in [6, 6.07) is 10.4. The number of hydrogen-bond acceptors (Lipinski definition) is 5. The molecule has 1 aromatic carbocycles. The van der Waals surface area contributed by atoms with Crippen molar-refractivity contribution in [1.29, 1.82) is 5.26 Å². The molecule has 28 heavy (non-hydrogen) atoms. The van der Waals surface area contributed by atoms with Crippen molar-refractivity contribution in [2.45, 2.75) is 45.4 Å². The minimum absolute atomic E-state index is 0.00426. The van der Waals surface area contributed by atoms with Crippen LogP contribution in [0.25, 0.3) is 11.3 Å². The van der Waals surface area contributed by atoms with E-state index in [1.807, 2.05) is 17.5 Å². The van der Waals surface area contributed by atoms with Gasteiger partial charge in [0.1, 0.15) is 5.41 Å². The summed E-state index contributed by atoms with van der Waals surface area (Å²) < 4.78 is 0. The molecular weight excluding hydrogens is 372 g/mol. The third-order valence-corrected chi connectivity index (χ3v) is 5.85. The Hall–Kier alpha value is -2.72. The molecule has 7 heteroatoms. The number of rotatable bonds is 7. The van der Waals surface area contributed by atoms with Gasteiger partial charge >= 0.3 is 0 Å². The fourth-order valence-corrected chi connectivity index (χ4v) is 4.16. The lowest BCUT2D eigenvalue weighted by atomic mass is 9.87. The number of anilines is 1. The molecule has 0 spiro atoms. The highest BCUT2D eigenvalue weighted by molar-refractivity contribution is 7.14. The third kappa shape index (κ3) is 4.76. The number of carbonyl (C=O) groups excluding carboxylic acids is 2. The standard InChI is InChI=1S/C21H24N4O2S/c1-15(26)23-12-4-5-16-6-8-17(9-7-16)18-13-28-20(24-18)25-19(27)21(14-22)10-2-3-11-21/h6-9,13H,2-5,10-12H2,1H3,(H,23,26)(H,24,25,27). The van der Waals surface area contributed by atoms with Crippen molar-refractivity contribution in [3.63, 3.8) is 0 Å². The topological polar surface area (TPSA) is 94.9 Å².